The molecule has 7 rings (SSSR count). The minimum Gasteiger partial charge on any atom is -0.457 e. The number of aliphatic hydroxyl groups is 1. The molecular weight excluding hydrogens is 577 g/mol. The van der Waals surface area contributed by atoms with Gasteiger partial charge in [0.25, 0.3) is 0 Å². The van der Waals surface area contributed by atoms with E-state index in [9.17, 15) is 5.11 Å². The molecule has 1 heterocycles. The molecule has 0 atom stereocenters. The molecule has 0 aliphatic heterocycles. The highest BCUT2D eigenvalue weighted by atomic mass is 16.5. The maximum absolute atomic E-state index is 10.6. The van der Waals surface area contributed by atoms with Crippen molar-refractivity contribution in [3.05, 3.63) is 146 Å². The maximum Gasteiger partial charge on any atom is 0.334 e. The smallest absolute Gasteiger partial charge is 0.334 e. The molecule has 0 spiro atoms. The summed E-state index contributed by atoms with van der Waals surface area (Å²) in [4.78, 5) is 2.28. The third-order valence-electron chi connectivity index (χ3n) is 9.19. The Labute approximate surface area is 277 Å². The summed E-state index contributed by atoms with van der Waals surface area (Å²) in [7, 11) is 1.70. The molecule has 1 radical (unpaired) electrons. The Bertz CT molecular complexity index is 2130. The number of rotatable bonds is 9. The Morgan fingerprint density at radius 3 is 1.74 bits per heavy atom. The summed E-state index contributed by atoms with van der Waals surface area (Å²) in [5.74, 6) is 0. The van der Waals surface area contributed by atoms with Crippen LogP contribution in [0.5, 0.6) is 0 Å². The molecule has 0 aliphatic rings. The molecule has 0 fully saturated rings. The number of anilines is 3. The van der Waals surface area contributed by atoms with Crippen molar-refractivity contribution in [1.29, 1.82) is 0 Å². The van der Waals surface area contributed by atoms with Gasteiger partial charge in [0, 0.05) is 27.8 Å². The lowest BCUT2D eigenvalue weighted by molar-refractivity contribution is -0.0893. The van der Waals surface area contributed by atoms with Gasteiger partial charge in [0.2, 0.25) is 0 Å². The van der Waals surface area contributed by atoms with Crippen molar-refractivity contribution >= 4 is 51.9 Å². The van der Waals surface area contributed by atoms with Crippen LogP contribution in [0.15, 0.2) is 150 Å². The molecular formula is C42H37BNO3. The van der Waals surface area contributed by atoms with Crippen molar-refractivity contribution in [1.82, 2.24) is 0 Å². The second-order valence-corrected chi connectivity index (χ2v) is 12.9. The van der Waals surface area contributed by atoms with Gasteiger partial charge in [0.1, 0.15) is 11.2 Å². The van der Waals surface area contributed by atoms with Crippen LogP contribution in [0.4, 0.5) is 17.1 Å². The number of para-hydroxylation sites is 2. The highest BCUT2D eigenvalue weighted by Gasteiger charge is 2.36. The summed E-state index contributed by atoms with van der Waals surface area (Å²) >= 11 is 0. The van der Waals surface area contributed by atoms with E-state index in [2.05, 4.69) is 114 Å². The fourth-order valence-corrected chi connectivity index (χ4v) is 5.78. The molecule has 6 aromatic carbocycles. The Kier molecular flexibility index (Phi) is 7.97. The van der Waals surface area contributed by atoms with Crippen molar-refractivity contribution in [3.63, 3.8) is 0 Å². The molecule has 231 valence electrons. The van der Waals surface area contributed by atoms with Gasteiger partial charge in [-0.05, 0) is 97.9 Å². The predicted molar refractivity (Wildman–Crippen MR) is 196 cm³/mol. The maximum atomic E-state index is 10.6. The number of hydrogen-bond acceptors (Lipinski definition) is 4. The average Bonchev–Trinajstić information content (AvgIpc) is 3.49. The van der Waals surface area contributed by atoms with E-state index >= 15 is 0 Å². The zero-order valence-electron chi connectivity index (χ0n) is 27.1. The molecule has 0 amide bonds. The number of hydrogen-bond donors (Lipinski definition) is 1. The second kappa shape index (κ2) is 12.3. The third-order valence-corrected chi connectivity index (χ3v) is 9.19. The van der Waals surface area contributed by atoms with Crippen LogP contribution >= 0.6 is 0 Å². The van der Waals surface area contributed by atoms with Crippen LogP contribution in [0, 0.1) is 0 Å². The lowest BCUT2D eigenvalue weighted by atomic mass is 9.81. The van der Waals surface area contributed by atoms with Crippen molar-refractivity contribution in [2.24, 2.45) is 0 Å². The highest BCUT2D eigenvalue weighted by Crippen LogP contribution is 2.39. The van der Waals surface area contributed by atoms with Gasteiger partial charge in [0.15, 0.2) is 0 Å². The molecule has 5 heteroatoms. The van der Waals surface area contributed by atoms with Crippen LogP contribution in [0.1, 0.15) is 27.7 Å². The van der Waals surface area contributed by atoms with E-state index in [0.717, 1.165) is 55.6 Å². The van der Waals surface area contributed by atoms with E-state index in [-0.39, 0.29) is 0 Å². The van der Waals surface area contributed by atoms with E-state index in [1.807, 2.05) is 50.2 Å². The lowest BCUT2D eigenvalue weighted by Crippen LogP contribution is -2.49. The van der Waals surface area contributed by atoms with Crippen LogP contribution in [0.25, 0.3) is 44.2 Å². The first-order valence-corrected chi connectivity index (χ1v) is 16.0. The normalized spacial score (nSPS) is 12.0. The first-order valence-electron chi connectivity index (χ1n) is 16.0. The summed E-state index contributed by atoms with van der Waals surface area (Å²) in [5, 5.41) is 12.7. The van der Waals surface area contributed by atoms with Crippen LogP contribution in [-0.2, 0) is 4.65 Å². The monoisotopic (exact) mass is 614 g/mol. The largest absolute Gasteiger partial charge is 0.457 e. The first-order chi connectivity index (χ1) is 22.7. The average molecular weight is 615 g/mol. The van der Waals surface area contributed by atoms with Gasteiger partial charge >= 0.3 is 7.48 Å². The first kappa shape index (κ1) is 30.6. The van der Waals surface area contributed by atoms with E-state index < -0.39 is 11.2 Å². The van der Waals surface area contributed by atoms with Crippen molar-refractivity contribution in [2.75, 3.05) is 4.90 Å². The Balaban J connectivity index is 1.27. The quantitative estimate of drug-likeness (QED) is 0.164. The summed E-state index contributed by atoms with van der Waals surface area (Å²) in [6, 6.07) is 50.6. The van der Waals surface area contributed by atoms with E-state index in [1.165, 1.54) is 11.1 Å². The van der Waals surface area contributed by atoms with Crippen LogP contribution in [0.2, 0.25) is 0 Å². The number of nitrogens with zero attached hydrogens (tertiary/aromatic N) is 1. The molecule has 1 N–H and O–H groups in total. The van der Waals surface area contributed by atoms with Gasteiger partial charge in [-0.25, -0.2) is 0 Å². The second-order valence-electron chi connectivity index (χ2n) is 12.9. The standard InChI is InChI=1S/C42H37BNO3/c1-41(2,45)42(3,4)47-43-37-28-27-35(39-36-17-11-12-18-38(36)46-40(37)39)31-21-25-34(26-22-31)44(32-15-9-6-10-16-32)33-23-19-30(20-24-33)29-13-7-5-8-14-29/h5-28,45H,1-4H3. The van der Waals surface area contributed by atoms with E-state index in [1.54, 1.807) is 21.3 Å². The molecule has 0 saturated carbocycles. The summed E-state index contributed by atoms with van der Waals surface area (Å²) in [5.41, 5.74) is 8.34. The van der Waals surface area contributed by atoms with Crippen LogP contribution in [0.3, 0.4) is 0 Å². The predicted octanol–water partition coefficient (Wildman–Crippen LogP) is 10.2. The molecule has 0 saturated heterocycles. The van der Waals surface area contributed by atoms with E-state index in [0.29, 0.717) is 0 Å². The molecule has 4 nitrogen and oxygen atoms in total. The van der Waals surface area contributed by atoms with Gasteiger partial charge in [0.05, 0.1) is 11.2 Å². The van der Waals surface area contributed by atoms with Crippen molar-refractivity contribution in [2.45, 2.75) is 38.9 Å². The van der Waals surface area contributed by atoms with Crippen LogP contribution in [-0.4, -0.2) is 23.8 Å². The Morgan fingerprint density at radius 1 is 0.574 bits per heavy atom. The molecule has 1 aromatic heterocycles. The molecule has 47 heavy (non-hydrogen) atoms. The fourth-order valence-electron chi connectivity index (χ4n) is 5.78. The summed E-state index contributed by atoms with van der Waals surface area (Å²) in [6.07, 6.45) is 0. The zero-order valence-corrected chi connectivity index (χ0v) is 27.1. The molecule has 0 unspecified atom stereocenters. The number of fused-ring (bicyclic) bond motifs is 3. The van der Waals surface area contributed by atoms with Gasteiger partial charge in [-0.3, -0.25) is 0 Å². The minimum atomic E-state index is -1.03. The lowest BCUT2D eigenvalue weighted by Gasteiger charge is -2.37. The van der Waals surface area contributed by atoms with E-state index in [4.69, 9.17) is 9.07 Å². The van der Waals surface area contributed by atoms with Gasteiger partial charge in [-0.15, -0.1) is 0 Å². The molecule has 0 bridgehead atoms. The number of benzene rings is 6. The van der Waals surface area contributed by atoms with Gasteiger partial charge < -0.3 is 19.1 Å². The highest BCUT2D eigenvalue weighted by molar-refractivity contribution is 6.51. The zero-order chi connectivity index (χ0) is 32.6. The Hall–Kier alpha value is -5.10. The summed E-state index contributed by atoms with van der Waals surface area (Å²) in [6.45, 7) is 7.27. The molecule has 7 aromatic rings. The van der Waals surface area contributed by atoms with Gasteiger partial charge in [-0.1, -0.05) is 103 Å². The van der Waals surface area contributed by atoms with Crippen molar-refractivity contribution < 1.29 is 14.2 Å². The van der Waals surface area contributed by atoms with Gasteiger partial charge in [-0.2, -0.15) is 0 Å². The fraction of sp³-hybridized carbons (Fsp3) is 0.143. The van der Waals surface area contributed by atoms with Crippen LogP contribution < -0.4 is 10.4 Å². The number of furan rings is 1. The van der Waals surface area contributed by atoms with Crippen molar-refractivity contribution in [3.8, 4) is 22.3 Å². The SMILES string of the molecule is CC(C)(O)C(C)(C)O[B]c1ccc(-c2ccc(N(c3ccccc3)c3ccc(-c4ccccc4)cc3)cc2)c2c1oc1ccccc12. The summed E-state index contributed by atoms with van der Waals surface area (Å²) < 4.78 is 12.6. The Morgan fingerprint density at radius 2 is 1.11 bits per heavy atom. The molecule has 0 aliphatic carbocycles. The topological polar surface area (TPSA) is 45.8 Å². The minimum absolute atomic E-state index is 0.753. The third kappa shape index (κ3) is 5.96.